The molecule has 0 aliphatic carbocycles. The fraction of sp³-hybridized carbons (Fsp3) is 0.524. The van der Waals surface area contributed by atoms with E-state index in [1.54, 1.807) is 6.21 Å². The highest BCUT2D eigenvalue weighted by atomic mass is 16.2. The standard InChI is InChI=1S/C21H31N5O/c1-21(2)17-7-5-6-8-18(17)25(4)19(21)9-11-22-23-20(27)10-12-26-15-13-24(3)14-16-26/h5-9,11H,10,12-16H2,1-4H3,(H,23,27)/b19-9+,22-11-. The summed E-state index contributed by atoms with van der Waals surface area (Å²) < 4.78 is 0. The molecule has 1 amide bonds. The number of hydrogen-bond acceptors (Lipinski definition) is 5. The summed E-state index contributed by atoms with van der Waals surface area (Å²) in [4.78, 5) is 18.9. The molecule has 6 heteroatoms. The number of nitrogens with zero attached hydrogens (tertiary/aromatic N) is 4. The second kappa shape index (κ2) is 8.23. The molecular weight excluding hydrogens is 338 g/mol. The Labute approximate surface area is 162 Å². The van der Waals surface area contributed by atoms with E-state index >= 15 is 0 Å². The van der Waals surface area contributed by atoms with Gasteiger partial charge in [0, 0.05) is 69.2 Å². The SMILES string of the molecule is CN1CCN(CCC(=O)N/N=C\C=C2\N(C)c3ccccc3C2(C)C)CC1. The van der Waals surface area contributed by atoms with Crippen molar-refractivity contribution >= 4 is 17.8 Å². The van der Waals surface area contributed by atoms with Crippen molar-refractivity contribution in [2.45, 2.75) is 25.7 Å². The number of amides is 1. The molecule has 0 bridgehead atoms. The maximum atomic E-state index is 12.0. The van der Waals surface area contributed by atoms with E-state index in [4.69, 9.17) is 0 Å². The third-order valence-electron chi connectivity index (χ3n) is 5.69. The zero-order valence-corrected chi connectivity index (χ0v) is 16.9. The van der Waals surface area contributed by atoms with Crippen molar-refractivity contribution in [2.75, 3.05) is 51.7 Å². The lowest BCUT2D eigenvalue weighted by Crippen LogP contribution is -2.45. The van der Waals surface area contributed by atoms with E-state index in [2.05, 4.69) is 77.4 Å². The highest BCUT2D eigenvalue weighted by molar-refractivity contribution is 5.81. The molecule has 0 unspecified atom stereocenters. The van der Waals surface area contributed by atoms with Gasteiger partial charge in [-0.2, -0.15) is 5.10 Å². The smallest absolute Gasteiger partial charge is 0.241 e. The van der Waals surface area contributed by atoms with Crippen molar-refractivity contribution in [2.24, 2.45) is 5.10 Å². The Morgan fingerprint density at radius 2 is 1.89 bits per heavy atom. The third-order valence-corrected chi connectivity index (χ3v) is 5.69. The lowest BCUT2D eigenvalue weighted by molar-refractivity contribution is -0.121. The number of anilines is 1. The van der Waals surface area contributed by atoms with Gasteiger partial charge in [0.1, 0.15) is 0 Å². The molecule has 3 rings (SSSR count). The normalized spacial score (nSPS) is 21.8. The summed E-state index contributed by atoms with van der Waals surface area (Å²) >= 11 is 0. The summed E-state index contributed by atoms with van der Waals surface area (Å²) in [7, 11) is 4.21. The summed E-state index contributed by atoms with van der Waals surface area (Å²) in [5, 5.41) is 4.12. The number of rotatable bonds is 5. The first-order valence-electron chi connectivity index (χ1n) is 9.66. The van der Waals surface area contributed by atoms with E-state index < -0.39 is 0 Å². The van der Waals surface area contributed by atoms with E-state index in [-0.39, 0.29) is 11.3 Å². The lowest BCUT2D eigenvalue weighted by atomic mass is 9.84. The van der Waals surface area contributed by atoms with Crippen LogP contribution in [0.15, 0.2) is 41.1 Å². The summed E-state index contributed by atoms with van der Waals surface area (Å²) in [6, 6.07) is 8.44. The largest absolute Gasteiger partial charge is 0.347 e. The van der Waals surface area contributed by atoms with Crippen LogP contribution in [-0.4, -0.2) is 68.7 Å². The molecule has 1 aromatic rings. The Kier molecular flexibility index (Phi) is 5.97. The number of para-hydroxylation sites is 1. The Morgan fingerprint density at radius 1 is 1.19 bits per heavy atom. The molecule has 1 N–H and O–H groups in total. The predicted molar refractivity (Wildman–Crippen MR) is 111 cm³/mol. The van der Waals surface area contributed by atoms with E-state index in [1.165, 1.54) is 16.9 Å². The Balaban J connectivity index is 1.51. The van der Waals surface area contributed by atoms with Gasteiger partial charge in [-0.05, 0) is 24.8 Å². The van der Waals surface area contributed by atoms with Gasteiger partial charge < -0.3 is 14.7 Å². The van der Waals surface area contributed by atoms with Crippen LogP contribution < -0.4 is 10.3 Å². The lowest BCUT2D eigenvalue weighted by Gasteiger charge is -2.32. The van der Waals surface area contributed by atoms with Crippen LogP contribution in [0.3, 0.4) is 0 Å². The van der Waals surface area contributed by atoms with Crippen molar-refractivity contribution in [3.05, 3.63) is 41.6 Å². The number of carbonyl (C=O) groups is 1. The first-order chi connectivity index (χ1) is 12.9. The van der Waals surface area contributed by atoms with Gasteiger partial charge in [-0.25, -0.2) is 5.43 Å². The summed E-state index contributed by atoms with van der Waals surface area (Å²) in [5.41, 5.74) is 6.26. The Bertz CT molecular complexity index is 732. The van der Waals surface area contributed by atoms with Crippen LogP contribution in [0.25, 0.3) is 0 Å². The number of allylic oxidation sites excluding steroid dienone is 2. The second-order valence-electron chi connectivity index (χ2n) is 7.96. The fourth-order valence-electron chi connectivity index (χ4n) is 3.91. The van der Waals surface area contributed by atoms with Gasteiger partial charge in [-0.3, -0.25) is 4.79 Å². The molecule has 146 valence electrons. The molecule has 0 radical (unpaired) electrons. The number of benzene rings is 1. The average molecular weight is 370 g/mol. The molecule has 0 aromatic heterocycles. The second-order valence-corrected chi connectivity index (χ2v) is 7.96. The number of piperazine rings is 1. The molecule has 1 fully saturated rings. The van der Waals surface area contributed by atoms with Crippen molar-refractivity contribution in [3.63, 3.8) is 0 Å². The monoisotopic (exact) mass is 369 g/mol. The molecule has 1 aromatic carbocycles. The first kappa shape index (κ1) is 19.6. The van der Waals surface area contributed by atoms with Crippen LogP contribution in [0.4, 0.5) is 5.69 Å². The maximum Gasteiger partial charge on any atom is 0.241 e. The van der Waals surface area contributed by atoms with Crippen molar-refractivity contribution in [1.29, 1.82) is 0 Å². The van der Waals surface area contributed by atoms with Crippen molar-refractivity contribution in [3.8, 4) is 0 Å². The number of hydrazone groups is 1. The van der Waals surface area contributed by atoms with Crippen LogP contribution >= 0.6 is 0 Å². The van der Waals surface area contributed by atoms with E-state index in [0.29, 0.717) is 6.42 Å². The van der Waals surface area contributed by atoms with E-state index in [9.17, 15) is 4.79 Å². The average Bonchev–Trinajstić information content (AvgIpc) is 2.85. The fourth-order valence-corrected chi connectivity index (χ4v) is 3.91. The quantitative estimate of drug-likeness (QED) is 0.637. The molecule has 6 nitrogen and oxygen atoms in total. The molecule has 2 aliphatic rings. The number of fused-ring (bicyclic) bond motifs is 1. The molecular formula is C21H31N5O. The predicted octanol–water partition coefficient (Wildman–Crippen LogP) is 2.04. The molecule has 0 atom stereocenters. The van der Waals surface area contributed by atoms with Gasteiger partial charge in [0.25, 0.3) is 0 Å². The van der Waals surface area contributed by atoms with Crippen LogP contribution in [0.2, 0.25) is 0 Å². The van der Waals surface area contributed by atoms with Gasteiger partial charge >= 0.3 is 0 Å². The van der Waals surface area contributed by atoms with Crippen molar-refractivity contribution in [1.82, 2.24) is 15.2 Å². The van der Waals surface area contributed by atoms with Crippen LogP contribution in [0, 0.1) is 0 Å². The van der Waals surface area contributed by atoms with E-state index in [0.717, 1.165) is 32.7 Å². The maximum absolute atomic E-state index is 12.0. The highest BCUT2D eigenvalue weighted by Crippen LogP contribution is 2.46. The van der Waals surface area contributed by atoms with Crippen LogP contribution in [0.5, 0.6) is 0 Å². The molecule has 27 heavy (non-hydrogen) atoms. The minimum absolute atomic E-state index is 0.0362. The third kappa shape index (κ3) is 4.39. The number of carbonyl (C=O) groups excluding carboxylic acids is 1. The van der Waals surface area contributed by atoms with Gasteiger partial charge in [-0.15, -0.1) is 0 Å². The van der Waals surface area contributed by atoms with Crippen LogP contribution in [0.1, 0.15) is 25.8 Å². The number of nitrogens with one attached hydrogen (secondary N) is 1. The molecule has 1 saturated heterocycles. The molecule has 0 spiro atoms. The van der Waals surface area contributed by atoms with Gasteiger partial charge in [0.15, 0.2) is 0 Å². The summed E-state index contributed by atoms with van der Waals surface area (Å²) in [6.45, 7) is 9.41. The van der Waals surface area contributed by atoms with Crippen LogP contribution in [-0.2, 0) is 10.2 Å². The number of likely N-dealkylation sites (N-methyl/N-ethyl adjacent to an activating group) is 2. The topological polar surface area (TPSA) is 51.2 Å². The summed E-state index contributed by atoms with van der Waals surface area (Å²) in [6.07, 6.45) is 4.16. The molecule has 0 saturated carbocycles. The number of hydrogen-bond donors (Lipinski definition) is 1. The Hall–Kier alpha value is -2.18. The van der Waals surface area contributed by atoms with Crippen molar-refractivity contribution < 1.29 is 4.79 Å². The first-order valence-corrected chi connectivity index (χ1v) is 9.66. The van der Waals surface area contributed by atoms with Gasteiger partial charge in [0.05, 0.1) is 0 Å². The van der Waals surface area contributed by atoms with Gasteiger partial charge in [-0.1, -0.05) is 32.0 Å². The minimum Gasteiger partial charge on any atom is -0.347 e. The van der Waals surface area contributed by atoms with E-state index in [1.807, 2.05) is 6.08 Å². The molecule has 2 aliphatic heterocycles. The molecule has 2 heterocycles. The summed E-state index contributed by atoms with van der Waals surface area (Å²) in [5.74, 6) is -0.0362. The zero-order chi connectivity index (χ0) is 19.4. The zero-order valence-electron chi connectivity index (χ0n) is 16.9. The Morgan fingerprint density at radius 3 is 2.59 bits per heavy atom. The van der Waals surface area contributed by atoms with Gasteiger partial charge in [0.2, 0.25) is 5.91 Å². The highest BCUT2D eigenvalue weighted by Gasteiger charge is 2.37. The minimum atomic E-state index is -0.0806.